The fourth-order valence-corrected chi connectivity index (χ4v) is 2.76. The zero-order chi connectivity index (χ0) is 23.8. The van der Waals surface area contributed by atoms with E-state index in [-0.39, 0.29) is 39.2 Å². The normalized spacial score (nSPS) is 11.3. The summed E-state index contributed by atoms with van der Waals surface area (Å²) in [6.45, 7) is 9.67. The molecule has 0 saturated carbocycles. The Morgan fingerprint density at radius 3 is 1.69 bits per heavy atom. The second-order valence-electron chi connectivity index (χ2n) is 6.73. The van der Waals surface area contributed by atoms with Gasteiger partial charge in [0, 0.05) is 21.9 Å². The summed E-state index contributed by atoms with van der Waals surface area (Å²) in [6.07, 6.45) is -5.11. The van der Waals surface area contributed by atoms with Crippen molar-refractivity contribution >= 4 is 33.9 Å². The van der Waals surface area contributed by atoms with E-state index in [1.54, 1.807) is 0 Å². The lowest BCUT2D eigenvalue weighted by Gasteiger charge is -2.13. The number of esters is 2. The number of carbonyl (C=O) groups excluding carboxylic acids is 2. The van der Waals surface area contributed by atoms with Crippen LogP contribution in [0.4, 0.5) is 13.2 Å². The molecule has 168 valence electrons. The number of hydrogen-bond acceptors (Lipinski definition) is 7. The van der Waals surface area contributed by atoms with E-state index in [0.717, 1.165) is 6.07 Å². The van der Waals surface area contributed by atoms with E-state index in [9.17, 15) is 22.8 Å². The van der Waals surface area contributed by atoms with Crippen LogP contribution in [0.5, 0.6) is 23.0 Å². The van der Waals surface area contributed by atoms with Crippen molar-refractivity contribution in [2.24, 2.45) is 0 Å². The van der Waals surface area contributed by atoms with Gasteiger partial charge in [0.25, 0.3) is 0 Å². The summed E-state index contributed by atoms with van der Waals surface area (Å²) in [7, 11) is 1.27. The number of rotatable bonds is 6. The number of methoxy groups -OCH3 is 1. The van der Waals surface area contributed by atoms with Gasteiger partial charge >= 0.3 is 18.3 Å². The zero-order valence-electron chi connectivity index (χ0n) is 17.2. The molecule has 0 radical (unpaired) electrons. The first kappa shape index (κ1) is 22.7. The van der Waals surface area contributed by atoms with Crippen LogP contribution in [0, 0.1) is 0 Å². The third-order valence-corrected chi connectivity index (χ3v) is 4.17. The van der Waals surface area contributed by atoms with Crippen LogP contribution < -0.4 is 18.9 Å². The Morgan fingerprint density at radius 2 is 1.28 bits per heavy atom. The molecule has 0 bridgehead atoms. The van der Waals surface area contributed by atoms with E-state index in [2.05, 4.69) is 17.9 Å². The van der Waals surface area contributed by atoms with Crippen molar-refractivity contribution in [3.8, 4) is 23.0 Å². The van der Waals surface area contributed by atoms with E-state index in [1.807, 2.05) is 0 Å². The van der Waals surface area contributed by atoms with E-state index >= 15 is 0 Å². The summed E-state index contributed by atoms with van der Waals surface area (Å²) in [5.74, 6) is -3.11. The van der Waals surface area contributed by atoms with Crippen molar-refractivity contribution in [1.82, 2.24) is 0 Å². The van der Waals surface area contributed by atoms with Gasteiger partial charge in [0.05, 0.1) is 7.11 Å². The lowest BCUT2D eigenvalue weighted by atomic mass is 10.1. The lowest BCUT2D eigenvalue weighted by molar-refractivity contribution is -0.274. The van der Waals surface area contributed by atoms with Crippen molar-refractivity contribution in [2.75, 3.05) is 7.11 Å². The Morgan fingerprint density at radius 1 is 0.844 bits per heavy atom. The van der Waals surface area contributed by atoms with Crippen molar-refractivity contribution < 1.29 is 46.1 Å². The Kier molecular flexibility index (Phi) is 5.89. The van der Waals surface area contributed by atoms with Crippen LogP contribution in [0.2, 0.25) is 0 Å². The van der Waals surface area contributed by atoms with Crippen LogP contribution in [0.25, 0.3) is 21.9 Å². The molecule has 0 amide bonds. The second-order valence-corrected chi connectivity index (χ2v) is 6.73. The molecule has 0 aliphatic rings. The molecular weight excluding hydrogens is 433 g/mol. The molecule has 0 atom stereocenters. The first-order valence-electron chi connectivity index (χ1n) is 9.00. The van der Waals surface area contributed by atoms with E-state index < -0.39 is 29.8 Å². The monoisotopic (exact) mass is 450 g/mol. The molecule has 0 unspecified atom stereocenters. The van der Waals surface area contributed by atoms with Crippen LogP contribution in [0.15, 0.2) is 53.0 Å². The molecule has 0 fully saturated rings. The first-order valence-corrected chi connectivity index (χ1v) is 9.00. The summed E-state index contributed by atoms with van der Waals surface area (Å²) in [5.41, 5.74) is -0.268. The van der Waals surface area contributed by atoms with Gasteiger partial charge in [0.15, 0.2) is 22.7 Å². The minimum Gasteiger partial charge on any atom is -0.490 e. The molecule has 1 heterocycles. The van der Waals surface area contributed by atoms with Crippen LogP contribution in [-0.2, 0) is 9.59 Å². The molecule has 0 N–H and O–H groups in total. The predicted octanol–water partition coefficient (Wildman–Crippen LogP) is 5.46. The van der Waals surface area contributed by atoms with Gasteiger partial charge in [0.1, 0.15) is 0 Å². The smallest absolute Gasteiger partial charge is 0.490 e. The maximum absolute atomic E-state index is 13.1. The average Bonchev–Trinajstić information content (AvgIpc) is 3.07. The van der Waals surface area contributed by atoms with Crippen molar-refractivity contribution in [3.05, 3.63) is 48.6 Å². The number of halogens is 3. The number of alkyl halides is 3. The topological polar surface area (TPSA) is 84.2 Å². The molecule has 3 rings (SSSR count). The summed E-state index contributed by atoms with van der Waals surface area (Å²) in [5, 5.41) is 0.558. The number of ether oxygens (including phenoxy) is 4. The maximum Gasteiger partial charge on any atom is 0.573 e. The molecule has 2 aromatic carbocycles. The van der Waals surface area contributed by atoms with Gasteiger partial charge in [-0.1, -0.05) is 13.2 Å². The summed E-state index contributed by atoms with van der Waals surface area (Å²) < 4.78 is 64.6. The number of benzene rings is 2. The Bertz CT molecular complexity index is 1270. The van der Waals surface area contributed by atoms with Gasteiger partial charge in [-0.25, -0.2) is 9.59 Å². The SMILES string of the molecule is C=C(C)C(=O)Oc1ccc2c(oc3c(OC(F)(F)F)c(OC(=O)C(=C)C)ccc32)c1OC. The summed E-state index contributed by atoms with van der Waals surface area (Å²) >= 11 is 0. The fourth-order valence-electron chi connectivity index (χ4n) is 2.76. The highest BCUT2D eigenvalue weighted by Crippen LogP contribution is 2.47. The molecule has 10 heteroatoms. The number of hydrogen-bond donors (Lipinski definition) is 0. The van der Waals surface area contributed by atoms with Crippen LogP contribution in [-0.4, -0.2) is 25.4 Å². The van der Waals surface area contributed by atoms with Gasteiger partial charge in [-0.3, -0.25) is 0 Å². The number of fused-ring (bicyclic) bond motifs is 3. The minimum atomic E-state index is -5.11. The third kappa shape index (κ3) is 4.39. The third-order valence-electron chi connectivity index (χ3n) is 4.17. The largest absolute Gasteiger partial charge is 0.573 e. The molecule has 1 aromatic heterocycles. The fraction of sp³-hybridized carbons (Fsp3) is 0.182. The Balaban J connectivity index is 2.26. The molecule has 0 saturated heterocycles. The van der Waals surface area contributed by atoms with Crippen LogP contribution in [0.3, 0.4) is 0 Å². The highest BCUT2D eigenvalue weighted by atomic mass is 19.4. The Labute approximate surface area is 179 Å². The number of furan rings is 1. The first-order chi connectivity index (χ1) is 14.9. The molecule has 0 aliphatic heterocycles. The van der Waals surface area contributed by atoms with Crippen LogP contribution in [0.1, 0.15) is 13.8 Å². The quantitative estimate of drug-likeness (QED) is 0.280. The van der Waals surface area contributed by atoms with Gasteiger partial charge in [-0.15, -0.1) is 13.2 Å². The van der Waals surface area contributed by atoms with Crippen LogP contribution >= 0.6 is 0 Å². The van der Waals surface area contributed by atoms with Crippen molar-refractivity contribution in [2.45, 2.75) is 20.2 Å². The highest BCUT2D eigenvalue weighted by molar-refractivity contribution is 6.10. The average molecular weight is 450 g/mol. The van der Waals surface area contributed by atoms with E-state index in [0.29, 0.717) is 5.39 Å². The highest BCUT2D eigenvalue weighted by Gasteiger charge is 2.35. The molecule has 32 heavy (non-hydrogen) atoms. The summed E-state index contributed by atoms with van der Waals surface area (Å²) in [4.78, 5) is 23.8. The van der Waals surface area contributed by atoms with Gasteiger partial charge in [-0.05, 0) is 38.1 Å². The van der Waals surface area contributed by atoms with Gasteiger partial charge in [-0.2, -0.15) is 0 Å². The van der Waals surface area contributed by atoms with Crippen molar-refractivity contribution in [3.63, 3.8) is 0 Å². The van der Waals surface area contributed by atoms with E-state index in [1.165, 1.54) is 39.2 Å². The van der Waals surface area contributed by atoms with Gasteiger partial charge in [0.2, 0.25) is 11.5 Å². The Hall–Kier alpha value is -3.95. The van der Waals surface area contributed by atoms with Crippen molar-refractivity contribution in [1.29, 1.82) is 0 Å². The molecule has 7 nitrogen and oxygen atoms in total. The minimum absolute atomic E-state index is 0.00934. The zero-order valence-corrected chi connectivity index (χ0v) is 17.2. The second kappa shape index (κ2) is 8.29. The molecule has 0 aliphatic carbocycles. The van der Waals surface area contributed by atoms with Gasteiger partial charge < -0.3 is 23.4 Å². The summed E-state index contributed by atoms with van der Waals surface area (Å²) in [6, 6.07) is 5.41. The standard InChI is InChI=1S/C22H17F3O7/c1-10(2)20(26)29-14-8-6-12-13-7-9-15(30-21(27)11(3)4)19(32-22(23,24)25)17(13)31-16(12)18(14)28-5/h6-9H,1,3H2,2,4-5H3. The van der Waals surface area contributed by atoms with E-state index in [4.69, 9.17) is 18.6 Å². The number of carbonyl (C=O) groups is 2. The maximum atomic E-state index is 13.1. The lowest BCUT2D eigenvalue weighted by Crippen LogP contribution is -2.18. The molecule has 0 spiro atoms. The molecule has 3 aromatic rings. The molecular formula is C22H17F3O7. The predicted molar refractivity (Wildman–Crippen MR) is 108 cm³/mol.